The third kappa shape index (κ3) is 9.66. The average molecular weight is 667 g/mol. The van der Waals surface area contributed by atoms with E-state index in [4.69, 9.17) is 9.47 Å². The van der Waals surface area contributed by atoms with Gasteiger partial charge < -0.3 is 18.9 Å². The van der Waals surface area contributed by atoms with E-state index in [0.717, 1.165) is 18.6 Å². The summed E-state index contributed by atoms with van der Waals surface area (Å²) in [5.74, 6) is -7.73. The highest BCUT2D eigenvalue weighted by atomic mass is 19.3. The first-order chi connectivity index (χ1) is 21.8. The molecule has 0 radical (unpaired) electrons. The lowest BCUT2D eigenvalue weighted by molar-refractivity contribution is -0.302. The molecular formula is C33H35F9O4. The second kappa shape index (κ2) is 15.6. The van der Waals surface area contributed by atoms with E-state index in [1.807, 2.05) is 6.92 Å². The van der Waals surface area contributed by atoms with Crippen molar-refractivity contribution >= 4 is 6.08 Å². The molecule has 0 aliphatic heterocycles. The molecule has 2 aliphatic rings. The zero-order chi connectivity index (χ0) is 33.5. The van der Waals surface area contributed by atoms with E-state index >= 15 is 0 Å². The van der Waals surface area contributed by atoms with Gasteiger partial charge >= 0.3 is 18.3 Å². The van der Waals surface area contributed by atoms with Gasteiger partial charge in [-0.2, -0.15) is 26.3 Å². The minimum Gasteiger partial charge on any atom is -0.453 e. The van der Waals surface area contributed by atoms with E-state index in [1.165, 1.54) is 12.1 Å². The van der Waals surface area contributed by atoms with Gasteiger partial charge in [-0.1, -0.05) is 25.1 Å². The molecule has 0 bridgehead atoms. The van der Waals surface area contributed by atoms with Crippen molar-refractivity contribution in [2.45, 2.75) is 89.1 Å². The number of alkyl halides is 4. The topological polar surface area (TPSA) is 36.9 Å². The Morgan fingerprint density at radius 2 is 1.46 bits per heavy atom. The van der Waals surface area contributed by atoms with Crippen LogP contribution < -0.4 is 9.47 Å². The number of benzene rings is 2. The molecule has 0 heterocycles. The summed E-state index contributed by atoms with van der Waals surface area (Å²) in [5.41, 5.74) is -0.971. The first-order valence-electron chi connectivity index (χ1n) is 15.2. The number of halogens is 9. The molecule has 0 N–H and O–H groups in total. The molecule has 2 aromatic carbocycles. The zero-order valence-electron chi connectivity index (χ0n) is 25.0. The standard InChI is InChI=1S/C33H35F9O4/c1-2-15-43-23-12-8-22(9-13-23)32(39,40)45-24-10-5-20(6-11-24)3-4-21-7-14-26(27(34)16-21)33(41,42)46-25-17-28(35)31(29(36)18-25)44-19-30(37)38/h3-4,7,14,16-20,22-24H,2,5-6,8-13,15H2,1H3/b4-3+. The van der Waals surface area contributed by atoms with E-state index in [0.29, 0.717) is 58.0 Å². The van der Waals surface area contributed by atoms with Crippen molar-refractivity contribution in [1.29, 1.82) is 0 Å². The molecule has 0 atom stereocenters. The summed E-state index contributed by atoms with van der Waals surface area (Å²) in [4.78, 5) is 0. The highest BCUT2D eigenvalue weighted by Gasteiger charge is 2.45. The molecule has 2 aromatic rings. The smallest absolute Gasteiger partial charge is 0.429 e. The van der Waals surface area contributed by atoms with Crippen molar-refractivity contribution < 1.29 is 58.5 Å². The number of hydrogen-bond donors (Lipinski definition) is 0. The van der Waals surface area contributed by atoms with Crippen LogP contribution in [0.25, 0.3) is 6.08 Å². The Morgan fingerprint density at radius 3 is 2.04 bits per heavy atom. The predicted molar refractivity (Wildman–Crippen MR) is 151 cm³/mol. The molecule has 2 saturated carbocycles. The lowest BCUT2D eigenvalue weighted by atomic mass is 9.85. The molecule has 2 aliphatic carbocycles. The van der Waals surface area contributed by atoms with Gasteiger partial charge in [-0.3, -0.25) is 0 Å². The van der Waals surface area contributed by atoms with Crippen LogP contribution in [0.2, 0.25) is 0 Å². The lowest BCUT2D eigenvalue weighted by Gasteiger charge is -2.36. The molecule has 2 fully saturated rings. The molecule has 13 heteroatoms. The van der Waals surface area contributed by atoms with E-state index < -0.39 is 64.8 Å². The van der Waals surface area contributed by atoms with Crippen LogP contribution >= 0.6 is 0 Å². The first kappa shape index (κ1) is 35.7. The molecule has 4 nitrogen and oxygen atoms in total. The Hall–Kier alpha value is -3.19. The summed E-state index contributed by atoms with van der Waals surface area (Å²) in [6.45, 7) is 2.62. The fourth-order valence-electron chi connectivity index (χ4n) is 5.70. The largest absolute Gasteiger partial charge is 0.453 e. The highest BCUT2D eigenvalue weighted by Crippen LogP contribution is 2.41. The number of rotatable bonds is 13. The normalized spacial score (nSPS) is 22.6. The molecule has 0 unspecified atom stereocenters. The fourth-order valence-corrected chi connectivity index (χ4v) is 5.70. The fraction of sp³-hybridized carbons (Fsp3) is 0.515. The molecule has 46 heavy (non-hydrogen) atoms. The van der Waals surface area contributed by atoms with Crippen LogP contribution in [0, 0.1) is 29.3 Å². The van der Waals surface area contributed by atoms with Crippen molar-refractivity contribution in [3.05, 3.63) is 77.3 Å². The van der Waals surface area contributed by atoms with Gasteiger partial charge in [0.05, 0.1) is 23.7 Å². The Morgan fingerprint density at radius 1 is 0.826 bits per heavy atom. The Bertz CT molecular complexity index is 1340. The summed E-state index contributed by atoms with van der Waals surface area (Å²) >= 11 is 0. The van der Waals surface area contributed by atoms with Crippen molar-refractivity contribution in [1.82, 2.24) is 0 Å². The Balaban J connectivity index is 1.29. The summed E-state index contributed by atoms with van der Waals surface area (Å²) in [6, 6.07) is 3.34. The first-order valence-corrected chi connectivity index (χ1v) is 15.2. The van der Waals surface area contributed by atoms with Gasteiger partial charge in [0.1, 0.15) is 11.6 Å². The predicted octanol–water partition coefficient (Wildman–Crippen LogP) is 10.5. The third-order valence-electron chi connectivity index (χ3n) is 8.10. The second-order valence-corrected chi connectivity index (χ2v) is 11.5. The van der Waals surface area contributed by atoms with Gasteiger partial charge in [-0.25, -0.2) is 13.2 Å². The minimum absolute atomic E-state index is 0.0132. The van der Waals surface area contributed by atoms with Gasteiger partial charge in [0, 0.05) is 18.7 Å². The quantitative estimate of drug-likeness (QED) is 0.158. The summed E-state index contributed by atoms with van der Waals surface area (Å²) < 4.78 is 146. The summed E-state index contributed by atoms with van der Waals surface area (Å²) in [6.07, 6.45) is -2.81. The van der Waals surface area contributed by atoms with Crippen LogP contribution in [0.15, 0.2) is 48.8 Å². The minimum atomic E-state index is -4.36. The maximum Gasteiger partial charge on any atom is 0.429 e. The molecule has 0 amide bonds. The number of hydrogen-bond acceptors (Lipinski definition) is 4. The van der Waals surface area contributed by atoms with E-state index in [9.17, 15) is 39.5 Å². The Labute approximate surface area is 261 Å². The van der Waals surface area contributed by atoms with Crippen molar-refractivity contribution in [2.24, 2.45) is 11.8 Å². The van der Waals surface area contributed by atoms with Crippen molar-refractivity contribution in [2.75, 3.05) is 6.61 Å². The van der Waals surface area contributed by atoms with Gasteiger partial charge in [-0.05, 0) is 81.4 Å². The SMILES string of the molecule is CCCOC1CCC(C(F)(F)OC2CCC(/C=C/c3ccc(C(F)(F)Oc4cc(F)c(OC=C(F)F)c(F)c4)c(F)c3)CC2)CC1. The zero-order valence-corrected chi connectivity index (χ0v) is 25.0. The van der Waals surface area contributed by atoms with Gasteiger partial charge in [0.25, 0.3) is 0 Å². The van der Waals surface area contributed by atoms with Crippen LogP contribution in [0.4, 0.5) is 39.5 Å². The highest BCUT2D eigenvalue weighted by molar-refractivity contribution is 5.51. The van der Waals surface area contributed by atoms with Crippen LogP contribution in [0.3, 0.4) is 0 Å². The lowest BCUT2D eigenvalue weighted by Crippen LogP contribution is -2.39. The molecule has 254 valence electrons. The van der Waals surface area contributed by atoms with E-state index in [1.54, 1.807) is 6.08 Å². The molecule has 0 aromatic heterocycles. The third-order valence-corrected chi connectivity index (χ3v) is 8.10. The molecule has 0 saturated heterocycles. The van der Waals surface area contributed by atoms with Crippen LogP contribution in [0.5, 0.6) is 11.5 Å². The summed E-state index contributed by atoms with van der Waals surface area (Å²) in [5, 5.41) is 0. The van der Waals surface area contributed by atoms with E-state index in [2.05, 4.69) is 9.47 Å². The molecular weight excluding hydrogens is 631 g/mol. The molecule has 0 spiro atoms. The molecule has 4 rings (SSSR count). The Kier molecular flexibility index (Phi) is 12.1. The number of ether oxygens (including phenoxy) is 4. The average Bonchev–Trinajstić information content (AvgIpc) is 2.99. The van der Waals surface area contributed by atoms with Gasteiger partial charge in [-0.15, -0.1) is 0 Å². The van der Waals surface area contributed by atoms with Gasteiger partial charge in [0.15, 0.2) is 23.6 Å². The van der Waals surface area contributed by atoms with Crippen LogP contribution in [-0.2, 0) is 15.6 Å². The van der Waals surface area contributed by atoms with Crippen LogP contribution in [-0.4, -0.2) is 24.9 Å². The monoisotopic (exact) mass is 666 g/mol. The van der Waals surface area contributed by atoms with Crippen molar-refractivity contribution in [3.63, 3.8) is 0 Å². The van der Waals surface area contributed by atoms with Crippen molar-refractivity contribution in [3.8, 4) is 11.5 Å². The van der Waals surface area contributed by atoms with Gasteiger partial charge in [0.2, 0.25) is 0 Å². The second-order valence-electron chi connectivity index (χ2n) is 11.5. The summed E-state index contributed by atoms with van der Waals surface area (Å²) in [7, 11) is 0. The number of allylic oxidation sites excluding steroid dienone is 1. The van der Waals surface area contributed by atoms with Crippen LogP contribution in [0.1, 0.15) is 75.8 Å². The maximum absolute atomic E-state index is 14.9. The van der Waals surface area contributed by atoms with E-state index in [-0.39, 0.29) is 36.0 Å². The maximum atomic E-state index is 14.9.